The first kappa shape index (κ1) is 10.1. The van der Waals surface area contributed by atoms with Gasteiger partial charge in [0.25, 0.3) is 0 Å². The van der Waals surface area contributed by atoms with E-state index < -0.39 is 6.01 Å². The van der Waals surface area contributed by atoms with Crippen LogP contribution in [-0.2, 0) is 0 Å². The summed E-state index contributed by atoms with van der Waals surface area (Å²) in [4.78, 5) is 10.2. The van der Waals surface area contributed by atoms with Crippen molar-refractivity contribution in [2.45, 2.75) is 6.92 Å². The maximum Gasteiger partial charge on any atom is 1.00 e. The molecule has 1 aromatic rings. The zero-order valence-electron chi connectivity index (χ0n) is 5.63. The molecule has 1 heterocycles. The maximum absolute atomic E-state index is 10.4. The topological polar surface area (TPSA) is 61.7 Å². The van der Waals surface area contributed by atoms with Crippen molar-refractivity contribution in [2.75, 3.05) is 0 Å². The van der Waals surface area contributed by atoms with E-state index in [1.807, 2.05) is 0 Å². The standard InChI is InChI=1S/C4H4ClN3O.Na/c1-2-6-3(5)8-4(9)7-2;/h1H3,(H,6,7,8,9);/q;+1/p-1. The largest absolute Gasteiger partial charge is 1.00 e. The van der Waals surface area contributed by atoms with Crippen LogP contribution in [0.3, 0.4) is 0 Å². The Balaban J connectivity index is 0.000000810. The minimum absolute atomic E-state index is 0. The average molecular weight is 168 g/mol. The molecule has 0 aromatic carbocycles. The number of hydrogen-bond acceptors (Lipinski definition) is 4. The van der Waals surface area contributed by atoms with Crippen molar-refractivity contribution in [3.63, 3.8) is 0 Å². The first-order valence-corrected chi connectivity index (χ1v) is 2.61. The van der Waals surface area contributed by atoms with Crippen molar-refractivity contribution >= 4 is 11.6 Å². The summed E-state index contributed by atoms with van der Waals surface area (Å²) in [6.07, 6.45) is 0. The smallest absolute Gasteiger partial charge is 0.844 e. The Hall–Kier alpha value is 0.1000. The summed E-state index contributed by atoms with van der Waals surface area (Å²) in [6, 6.07) is -0.590. The Kier molecular flexibility index (Phi) is 4.12. The third kappa shape index (κ3) is 2.79. The fraction of sp³-hybridized carbons (Fsp3) is 0.250. The van der Waals surface area contributed by atoms with Crippen LogP contribution in [0.5, 0.6) is 6.01 Å². The second-order valence-corrected chi connectivity index (χ2v) is 1.77. The molecule has 10 heavy (non-hydrogen) atoms. The van der Waals surface area contributed by atoms with Gasteiger partial charge in [-0.15, -0.1) is 0 Å². The van der Waals surface area contributed by atoms with Gasteiger partial charge in [-0.1, -0.05) is 0 Å². The molecule has 1 rings (SSSR count). The van der Waals surface area contributed by atoms with Crippen LogP contribution in [0.2, 0.25) is 5.28 Å². The van der Waals surface area contributed by atoms with Gasteiger partial charge in [0.2, 0.25) is 5.28 Å². The molecule has 0 N–H and O–H groups in total. The second-order valence-electron chi connectivity index (χ2n) is 1.43. The number of rotatable bonds is 0. The van der Waals surface area contributed by atoms with Gasteiger partial charge >= 0.3 is 29.6 Å². The maximum atomic E-state index is 10.4. The molecule has 0 fully saturated rings. The van der Waals surface area contributed by atoms with Crippen LogP contribution in [-0.4, -0.2) is 15.0 Å². The predicted octanol–water partition coefficient (Wildman–Crippen LogP) is -3.09. The van der Waals surface area contributed by atoms with Gasteiger partial charge in [-0.3, -0.25) is 0 Å². The van der Waals surface area contributed by atoms with Gasteiger partial charge in [-0.05, 0) is 18.5 Å². The third-order valence-corrected chi connectivity index (χ3v) is 0.868. The van der Waals surface area contributed by atoms with Crippen molar-refractivity contribution in [2.24, 2.45) is 0 Å². The van der Waals surface area contributed by atoms with Crippen LogP contribution in [0.1, 0.15) is 5.82 Å². The molecule has 0 aliphatic heterocycles. The molecule has 0 unspecified atom stereocenters. The number of aromatic nitrogens is 3. The second kappa shape index (κ2) is 4.08. The van der Waals surface area contributed by atoms with Gasteiger partial charge < -0.3 is 5.11 Å². The van der Waals surface area contributed by atoms with Crippen LogP contribution in [0.25, 0.3) is 0 Å². The first-order chi connectivity index (χ1) is 4.18. The number of halogens is 1. The number of aryl methyl sites for hydroxylation is 1. The zero-order valence-corrected chi connectivity index (χ0v) is 8.38. The normalized spacial score (nSPS) is 8.60. The third-order valence-electron chi connectivity index (χ3n) is 0.699. The van der Waals surface area contributed by atoms with E-state index in [9.17, 15) is 5.11 Å². The molecule has 0 aliphatic rings. The molecule has 0 amide bonds. The van der Waals surface area contributed by atoms with Gasteiger partial charge in [0, 0.05) is 0 Å². The van der Waals surface area contributed by atoms with Crippen molar-refractivity contribution in [1.82, 2.24) is 15.0 Å². The SMILES string of the molecule is Cc1nc([O-])nc(Cl)n1.[Na+]. The van der Waals surface area contributed by atoms with Crippen molar-refractivity contribution in [3.8, 4) is 6.01 Å². The van der Waals surface area contributed by atoms with Gasteiger partial charge in [0.15, 0.2) is 0 Å². The van der Waals surface area contributed by atoms with Gasteiger partial charge in [0.1, 0.15) is 5.82 Å². The Morgan fingerprint density at radius 2 is 1.90 bits per heavy atom. The molecule has 1 aromatic heterocycles. The van der Waals surface area contributed by atoms with E-state index in [0.29, 0.717) is 5.82 Å². The van der Waals surface area contributed by atoms with Gasteiger partial charge in [0.05, 0.1) is 6.01 Å². The molecule has 0 saturated heterocycles. The van der Waals surface area contributed by atoms with Crippen molar-refractivity contribution in [3.05, 3.63) is 11.1 Å². The van der Waals surface area contributed by atoms with Crippen LogP contribution in [0, 0.1) is 6.92 Å². The van der Waals surface area contributed by atoms with E-state index in [2.05, 4.69) is 15.0 Å². The number of hydrogen-bond donors (Lipinski definition) is 0. The molecule has 0 bridgehead atoms. The van der Waals surface area contributed by atoms with Gasteiger partial charge in [-0.2, -0.15) is 0 Å². The Labute approximate surface area is 85.0 Å². The predicted molar refractivity (Wildman–Crippen MR) is 29.0 cm³/mol. The minimum Gasteiger partial charge on any atom is -0.844 e. The fourth-order valence-corrected chi connectivity index (χ4v) is 0.620. The van der Waals surface area contributed by atoms with E-state index in [1.54, 1.807) is 6.92 Å². The first-order valence-electron chi connectivity index (χ1n) is 2.23. The summed E-state index contributed by atoms with van der Waals surface area (Å²) in [5.41, 5.74) is 0. The molecule has 0 saturated carbocycles. The minimum atomic E-state index is -0.590. The van der Waals surface area contributed by atoms with E-state index in [1.165, 1.54) is 0 Å². The van der Waals surface area contributed by atoms with Crippen LogP contribution < -0.4 is 34.7 Å². The van der Waals surface area contributed by atoms with Crippen molar-refractivity contribution < 1.29 is 34.7 Å². The van der Waals surface area contributed by atoms with Crippen molar-refractivity contribution in [1.29, 1.82) is 0 Å². The molecule has 6 heteroatoms. The van der Waals surface area contributed by atoms with Crippen LogP contribution in [0.15, 0.2) is 0 Å². The molecule has 0 aliphatic carbocycles. The molecule has 4 nitrogen and oxygen atoms in total. The molecule has 0 atom stereocenters. The van der Waals surface area contributed by atoms with Crippen LogP contribution >= 0.6 is 11.6 Å². The van der Waals surface area contributed by atoms with E-state index in [0.717, 1.165) is 0 Å². The fourth-order valence-electron chi connectivity index (χ4n) is 0.426. The van der Waals surface area contributed by atoms with Crippen LogP contribution in [0.4, 0.5) is 0 Å². The van der Waals surface area contributed by atoms with E-state index >= 15 is 0 Å². The Morgan fingerprint density at radius 1 is 1.30 bits per heavy atom. The summed E-state index contributed by atoms with van der Waals surface area (Å²) in [5, 5.41) is 10.3. The zero-order chi connectivity index (χ0) is 6.85. The molecular weight excluding hydrogens is 165 g/mol. The quantitative estimate of drug-likeness (QED) is 0.385. The molecule has 48 valence electrons. The van der Waals surface area contributed by atoms with E-state index in [-0.39, 0.29) is 34.8 Å². The summed E-state index contributed by atoms with van der Waals surface area (Å²) in [5.74, 6) is 0.347. The van der Waals surface area contributed by atoms with E-state index in [4.69, 9.17) is 11.6 Å². The monoisotopic (exact) mass is 167 g/mol. The summed E-state index contributed by atoms with van der Waals surface area (Å²) < 4.78 is 0. The number of nitrogens with zero attached hydrogens (tertiary/aromatic N) is 3. The summed E-state index contributed by atoms with van der Waals surface area (Å²) in [6.45, 7) is 1.58. The summed E-state index contributed by atoms with van der Waals surface area (Å²) >= 11 is 5.29. The molecular formula is C4H3ClN3NaO. The molecule has 0 spiro atoms. The van der Waals surface area contributed by atoms with Gasteiger partial charge in [-0.25, -0.2) is 15.0 Å². The average Bonchev–Trinajstić information content (AvgIpc) is 1.59. The molecule has 0 radical (unpaired) electrons. The Morgan fingerprint density at radius 3 is 2.30 bits per heavy atom. The summed E-state index contributed by atoms with van der Waals surface area (Å²) in [7, 11) is 0. The Bertz CT molecular complexity index is 181.